The van der Waals surface area contributed by atoms with Crippen molar-refractivity contribution < 1.29 is 4.84 Å². The van der Waals surface area contributed by atoms with Crippen LogP contribution in [0.5, 0.6) is 0 Å². The third-order valence-electron chi connectivity index (χ3n) is 3.96. The summed E-state index contributed by atoms with van der Waals surface area (Å²) >= 11 is 0. The molecule has 0 aromatic carbocycles. The molecule has 5 heteroatoms. The fourth-order valence-corrected chi connectivity index (χ4v) is 2.24. The first-order valence-electron chi connectivity index (χ1n) is 9.40. The van der Waals surface area contributed by atoms with Crippen molar-refractivity contribution in [3.8, 4) is 0 Å². The highest BCUT2D eigenvalue weighted by Crippen LogP contribution is 2.11. The fourth-order valence-electron chi connectivity index (χ4n) is 2.24. The van der Waals surface area contributed by atoms with Crippen LogP contribution in [-0.4, -0.2) is 44.2 Å². The van der Waals surface area contributed by atoms with Gasteiger partial charge in [0.2, 0.25) is 0 Å². The third-order valence-corrected chi connectivity index (χ3v) is 3.96. The number of nitrogens with one attached hydrogen (secondary N) is 3. The van der Waals surface area contributed by atoms with Crippen molar-refractivity contribution in [1.82, 2.24) is 21.2 Å². The molecule has 1 atom stereocenters. The van der Waals surface area contributed by atoms with Crippen molar-refractivity contribution in [3.05, 3.63) is 60.4 Å². The van der Waals surface area contributed by atoms with Gasteiger partial charge in [-0.1, -0.05) is 49.5 Å². The molecule has 3 N–H and O–H groups in total. The Morgan fingerprint density at radius 3 is 2.65 bits per heavy atom. The molecular formula is C21H38N4O. The monoisotopic (exact) mass is 362 g/mol. The number of rotatable bonds is 15. The molecule has 0 aliphatic carbocycles. The van der Waals surface area contributed by atoms with Crippen LogP contribution in [-0.2, 0) is 4.84 Å². The molecule has 0 aliphatic heterocycles. The molecule has 0 heterocycles. The largest absolute Gasteiger partial charge is 0.391 e. The summed E-state index contributed by atoms with van der Waals surface area (Å²) in [5.74, 6) is 0. The first-order valence-corrected chi connectivity index (χ1v) is 9.40. The highest BCUT2D eigenvalue weighted by molar-refractivity contribution is 5.27. The topological polar surface area (TPSA) is 48.6 Å². The molecule has 0 bridgehead atoms. The lowest BCUT2D eigenvalue weighted by Crippen LogP contribution is -2.41. The van der Waals surface area contributed by atoms with Crippen LogP contribution in [0.15, 0.2) is 60.4 Å². The summed E-state index contributed by atoms with van der Waals surface area (Å²) in [6.45, 7) is 15.7. The van der Waals surface area contributed by atoms with Gasteiger partial charge >= 0.3 is 0 Å². The number of hydrogen-bond donors (Lipinski definition) is 3. The summed E-state index contributed by atoms with van der Waals surface area (Å²) < 4.78 is 0. The molecule has 0 aliphatic rings. The van der Waals surface area contributed by atoms with Crippen LogP contribution >= 0.6 is 0 Å². The first kappa shape index (κ1) is 24.3. The molecule has 0 radical (unpaired) electrons. The maximum atomic E-state index is 5.71. The lowest BCUT2D eigenvalue weighted by atomic mass is 10.1. The molecule has 5 nitrogen and oxygen atoms in total. The molecule has 148 valence electrons. The normalized spacial score (nSPS) is 14.5. The van der Waals surface area contributed by atoms with E-state index in [1.807, 2.05) is 46.0 Å². The molecule has 0 rings (SSSR count). The second-order valence-corrected chi connectivity index (χ2v) is 5.89. The lowest BCUT2D eigenvalue weighted by Gasteiger charge is -2.20. The third kappa shape index (κ3) is 11.8. The summed E-state index contributed by atoms with van der Waals surface area (Å²) in [5, 5.41) is 3.18. The number of likely N-dealkylation sites (N-methyl/N-ethyl adjacent to an activating group) is 1. The Balaban J connectivity index is 4.25. The summed E-state index contributed by atoms with van der Waals surface area (Å²) in [5.41, 5.74) is 8.19. The minimum atomic E-state index is -0.0814. The average Bonchev–Trinajstić information content (AvgIpc) is 2.65. The standard InChI is InChI=1S/C21H38N4O/c1-7-10-12-14-17-25(9-3)18-16-23-24-26-20(5)21(19(4)22-6)15-13-11-8-2/h7-8,10,12-15,20,22-24H,2,9,11,16-18H2,1,3-6H3/b10-7+,14-12+,15-13+,21-19-. The van der Waals surface area contributed by atoms with Crippen molar-refractivity contribution in [3.63, 3.8) is 0 Å². The number of allylic oxidation sites excluding steroid dienone is 6. The van der Waals surface area contributed by atoms with Gasteiger partial charge in [-0.15, -0.1) is 12.2 Å². The van der Waals surface area contributed by atoms with E-state index in [9.17, 15) is 0 Å². The number of nitrogens with zero attached hydrogens (tertiary/aromatic N) is 1. The van der Waals surface area contributed by atoms with E-state index in [1.54, 1.807) is 0 Å². The Labute approximate surface area is 160 Å². The predicted molar refractivity (Wildman–Crippen MR) is 113 cm³/mol. The molecule has 0 saturated carbocycles. The zero-order chi connectivity index (χ0) is 19.6. The van der Waals surface area contributed by atoms with Crippen molar-refractivity contribution in [1.29, 1.82) is 0 Å². The van der Waals surface area contributed by atoms with Crippen LogP contribution in [0.4, 0.5) is 0 Å². The van der Waals surface area contributed by atoms with E-state index < -0.39 is 0 Å². The maximum Gasteiger partial charge on any atom is 0.104 e. The Morgan fingerprint density at radius 2 is 2.04 bits per heavy atom. The van der Waals surface area contributed by atoms with Gasteiger partial charge in [-0.25, -0.2) is 5.43 Å². The molecule has 0 spiro atoms. The molecule has 0 amide bonds. The van der Waals surface area contributed by atoms with Gasteiger partial charge < -0.3 is 5.32 Å². The van der Waals surface area contributed by atoms with Gasteiger partial charge in [0.1, 0.15) is 6.10 Å². The molecule has 1 unspecified atom stereocenters. The van der Waals surface area contributed by atoms with Crippen LogP contribution in [0, 0.1) is 0 Å². The van der Waals surface area contributed by atoms with Gasteiger partial charge in [-0.2, -0.15) is 0 Å². The summed E-state index contributed by atoms with van der Waals surface area (Å²) in [6.07, 6.45) is 15.1. The summed E-state index contributed by atoms with van der Waals surface area (Å²) in [7, 11) is 1.92. The van der Waals surface area contributed by atoms with E-state index >= 15 is 0 Å². The van der Waals surface area contributed by atoms with E-state index in [1.165, 1.54) is 0 Å². The Morgan fingerprint density at radius 1 is 1.27 bits per heavy atom. The van der Waals surface area contributed by atoms with E-state index in [0.717, 1.165) is 43.9 Å². The van der Waals surface area contributed by atoms with E-state index in [4.69, 9.17) is 4.84 Å². The van der Waals surface area contributed by atoms with E-state index in [0.29, 0.717) is 0 Å². The molecule has 0 fully saturated rings. The molecule has 0 aromatic rings. The van der Waals surface area contributed by atoms with E-state index in [2.05, 4.69) is 59.0 Å². The fraction of sp³-hybridized carbons (Fsp3) is 0.524. The lowest BCUT2D eigenvalue weighted by molar-refractivity contribution is -0.0225. The Bertz CT molecular complexity index is 480. The zero-order valence-electron chi connectivity index (χ0n) is 17.2. The quantitative estimate of drug-likeness (QED) is 0.180. The second kappa shape index (κ2) is 16.8. The van der Waals surface area contributed by atoms with Gasteiger partial charge in [-0.3, -0.25) is 9.74 Å². The minimum Gasteiger partial charge on any atom is -0.391 e. The molecule has 26 heavy (non-hydrogen) atoms. The average molecular weight is 363 g/mol. The molecular weight excluding hydrogens is 324 g/mol. The zero-order valence-corrected chi connectivity index (χ0v) is 17.2. The summed E-state index contributed by atoms with van der Waals surface area (Å²) in [4.78, 5) is 8.06. The van der Waals surface area contributed by atoms with Gasteiger partial charge in [0, 0.05) is 38.0 Å². The van der Waals surface area contributed by atoms with Crippen LogP contribution in [0.25, 0.3) is 0 Å². The molecule has 0 saturated heterocycles. The van der Waals surface area contributed by atoms with Crippen LogP contribution < -0.4 is 16.3 Å². The number of hydrogen-bond acceptors (Lipinski definition) is 5. The first-order chi connectivity index (χ1) is 12.6. The van der Waals surface area contributed by atoms with Crippen molar-refractivity contribution >= 4 is 0 Å². The van der Waals surface area contributed by atoms with E-state index in [-0.39, 0.29) is 6.10 Å². The minimum absolute atomic E-state index is 0.0814. The highest BCUT2D eigenvalue weighted by atomic mass is 16.7. The smallest absolute Gasteiger partial charge is 0.104 e. The Kier molecular flexibility index (Phi) is 15.7. The van der Waals surface area contributed by atoms with Crippen LogP contribution in [0.3, 0.4) is 0 Å². The van der Waals surface area contributed by atoms with Gasteiger partial charge in [-0.05, 0) is 33.7 Å². The van der Waals surface area contributed by atoms with Crippen molar-refractivity contribution in [2.75, 3.05) is 33.2 Å². The second-order valence-electron chi connectivity index (χ2n) is 5.89. The predicted octanol–water partition coefficient (Wildman–Crippen LogP) is 3.48. The maximum absolute atomic E-state index is 5.71. The summed E-state index contributed by atoms with van der Waals surface area (Å²) in [6, 6.07) is 0. The van der Waals surface area contributed by atoms with Gasteiger partial charge in [0.25, 0.3) is 0 Å². The van der Waals surface area contributed by atoms with Crippen LogP contribution in [0.1, 0.15) is 34.1 Å². The van der Waals surface area contributed by atoms with Gasteiger partial charge in [0.05, 0.1) is 0 Å². The van der Waals surface area contributed by atoms with Crippen LogP contribution in [0.2, 0.25) is 0 Å². The van der Waals surface area contributed by atoms with Crippen molar-refractivity contribution in [2.45, 2.75) is 40.2 Å². The highest BCUT2D eigenvalue weighted by Gasteiger charge is 2.10. The Hall–Kier alpha value is -1.66. The van der Waals surface area contributed by atoms with Gasteiger partial charge in [0.15, 0.2) is 0 Å². The SMILES string of the molecule is C=CC/C=C/C(=C(\C)NC)C(C)ONNCCN(CC)C/C=C/C=C/C. The molecule has 0 aromatic heterocycles. The van der Waals surface area contributed by atoms with Crippen molar-refractivity contribution in [2.24, 2.45) is 0 Å². The number of hydrazine groups is 1.